The third kappa shape index (κ3) is 4.52. The maximum atomic E-state index is 13.8. The first-order valence-electron chi connectivity index (χ1n) is 12.2. The van der Waals surface area contributed by atoms with Gasteiger partial charge in [-0.05, 0) is 61.7 Å². The average molecular weight is 474 g/mol. The van der Waals surface area contributed by atoms with Gasteiger partial charge in [0, 0.05) is 30.5 Å². The number of nitrogens with zero attached hydrogens (tertiary/aromatic N) is 4. The lowest BCUT2D eigenvalue weighted by atomic mass is 9.91. The first kappa shape index (κ1) is 23.1. The first-order chi connectivity index (χ1) is 17.0. The molecule has 1 aromatic carbocycles. The molecule has 0 unspecified atom stereocenters. The number of methoxy groups -OCH3 is 1. The molecule has 1 atom stereocenters. The van der Waals surface area contributed by atoms with Gasteiger partial charge in [0.2, 0.25) is 5.91 Å². The molecule has 35 heavy (non-hydrogen) atoms. The second-order valence-corrected chi connectivity index (χ2v) is 9.64. The number of fused-ring (bicyclic) bond motifs is 1. The fourth-order valence-corrected chi connectivity index (χ4v) is 5.05. The van der Waals surface area contributed by atoms with Crippen molar-refractivity contribution in [2.24, 2.45) is 0 Å². The number of rotatable bonds is 6. The van der Waals surface area contributed by atoms with Gasteiger partial charge in [-0.25, -0.2) is 0 Å². The summed E-state index contributed by atoms with van der Waals surface area (Å²) in [4.78, 5) is 33.4. The van der Waals surface area contributed by atoms with Gasteiger partial charge in [0.1, 0.15) is 17.0 Å². The van der Waals surface area contributed by atoms with Crippen molar-refractivity contribution in [1.82, 2.24) is 25.0 Å². The molecule has 1 fully saturated rings. The van der Waals surface area contributed by atoms with Crippen molar-refractivity contribution in [2.45, 2.75) is 63.7 Å². The van der Waals surface area contributed by atoms with E-state index in [4.69, 9.17) is 9.84 Å². The molecule has 0 bridgehead atoms. The first-order valence-corrected chi connectivity index (χ1v) is 12.2. The van der Waals surface area contributed by atoms with Crippen LogP contribution in [0.4, 0.5) is 0 Å². The van der Waals surface area contributed by atoms with Crippen LogP contribution in [0.1, 0.15) is 55.1 Å². The van der Waals surface area contributed by atoms with E-state index in [-0.39, 0.29) is 24.4 Å². The van der Waals surface area contributed by atoms with Crippen molar-refractivity contribution < 1.29 is 14.3 Å². The van der Waals surface area contributed by atoms with Crippen molar-refractivity contribution in [2.75, 3.05) is 7.11 Å². The highest BCUT2D eigenvalue weighted by Gasteiger charge is 2.48. The van der Waals surface area contributed by atoms with Crippen molar-refractivity contribution in [1.29, 1.82) is 0 Å². The Labute approximate surface area is 205 Å². The SMILES string of the molecule is COc1ccc(-c2cc3n(n2)C[C@](C)(C(=O)NC2CCCCC2)N(Cc2cccnc2)C3=O)cc1. The molecule has 2 aromatic heterocycles. The molecule has 3 heterocycles. The minimum Gasteiger partial charge on any atom is -0.497 e. The third-order valence-corrected chi connectivity index (χ3v) is 7.18. The number of amides is 2. The summed E-state index contributed by atoms with van der Waals surface area (Å²) in [6.07, 6.45) is 8.84. The van der Waals surface area contributed by atoms with Gasteiger partial charge in [-0.3, -0.25) is 19.3 Å². The van der Waals surface area contributed by atoms with Gasteiger partial charge in [0.25, 0.3) is 5.91 Å². The largest absolute Gasteiger partial charge is 0.497 e. The van der Waals surface area contributed by atoms with Crippen LogP contribution in [0.5, 0.6) is 5.75 Å². The Balaban J connectivity index is 1.49. The number of aromatic nitrogens is 3. The van der Waals surface area contributed by atoms with Crippen LogP contribution in [0.25, 0.3) is 11.3 Å². The van der Waals surface area contributed by atoms with E-state index in [2.05, 4.69) is 10.3 Å². The van der Waals surface area contributed by atoms with Crippen LogP contribution >= 0.6 is 0 Å². The summed E-state index contributed by atoms with van der Waals surface area (Å²) >= 11 is 0. The van der Waals surface area contributed by atoms with Gasteiger partial charge in [-0.2, -0.15) is 5.10 Å². The fourth-order valence-electron chi connectivity index (χ4n) is 5.05. The van der Waals surface area contributed by atoms with E-state index in [1.165, 1.54) is 6.42 Å². The molecular weight excluding hydrogens is 442 g/mol. The number of carbonyl (C=O) groups excluding carboxylic acids is 2. The Morgan fingerprint density at radius 1 is 1.17 bits per heavy atom. The maximum Gasteiger partial charge on any atom is 0.273 e. The minimum atomic E-state index is -1.08. The third-order valence-electron chi connectivity index (χ3n) is 7.18. The minimum absolute atomic E-state index is 0.131. The Morgan fingerprint density at radius 2 is 1.94 bits per heavy atom. The topological polar surface area (TPSA) is 89.3 Å². The van der Waals surface area contributed by atoms with E-state index in [0.29, 0.717) is 17.9 Å². The van der Waals surface area contributed by atoms with E-state index in [1.54, 1.807) is 35.2 Å². The summed E-state index contributed by atoms with van der Waals surface area (Å²) in [7, 11) is 1.62. The molecule has 2 amide bonds. The Kier molecular flexibility index (Phi) is 6.28. The van der Waals surface area contributed by atoms with Gasteiger partial charge in [-0.15, -0.1) is 0 Å². The number of hydrogen-bond donors (Lipinski definition) is 1. The van der Waals surface area contributed by atoms with Crippen LogP contribution in [-0.4, -0.2) is 50.2 Å². The highest BCUT2D eigenvalue weighted by atomic mass is 16.5. The number of hydrogen-bond acceptors (Lipinski definition) is 5. The van der Waals surface area contributed by atoms with Crippen LogP contribution in [0.15, 0.2) is 54.9 Å². The summed E-state index contributed by atoms with van der Waals surface area (Å²) in [5.41, 5.74) is 1.84. The van der Waals surface area contributed by atoms with Gasteiger partial charge < -0.3 is 15.0 Å². The molecule has 182 valence electrons. The monoisotopic (exact) mass is 473 g/mol. The number of nitrogens with one attached hydrogen (secondary N) is 1. The number of carbonyl (C=O) groups is 2. The molecule has 1 saturated carbocycles. The fraction of sp³-hybridized carbons (Fsp3) is 0.407. The van der Waals surface area contributed by atoms with Crippen molar-refractivity contribution in [3.8, 4) is 17.0 Å². The predicted octanol–water partition coefficient (Wildman–Crippen LogP) is 3.82. The van der Waals surface area contributed by atoms with E-state index in [9.17, 15) is 9.59 Å². The van der Waals surface area contributed by atoms with Crippen molar-refractivity contribution >= 4 is 11.8 Å². The Hall–Kier alpha value is -3.68. The molecule has 5 rings (SSSR count). The standard InChI is InChI=1S/C27H31N5O3/c1-27(26(34)29-21-8-4-3-5-9-21)18-32-24(25(33)31(27)17-19-7-6-14-28-16-19)15-23(30-32)20-10-12-22(35-2)13-11-20/h6-7,10-16,21H,3-5,8-9,17-18H2,1-2H3,(H,29,34)/t27-/m1/s1. The highest BCUT2D eigenvalue weighted by molar-refractivity contribution is 6.00. The highest BCUT2D eigenvalue weighted by Crippen LogP contribution is 2.32. The van der Waals surface area contributed by atoms with Crippen LogP contribution in [0, 0.1) is 0 Å². The second-order valence-electron chi connectivity index (χ2n) is 9.64. The van der Waals surface area contributed by atoms with E-state index >= 15 is 0 Å². The zero-order valence-electron chi connectivity index (χ0n) is 20.2. The van der Waals surface area contributed by atoms with Crippen LogP contribution in [0.3, 0.4) is 0 Å². The van der Waals surface area contributed by atoms with E-state index in [1.807, 2.05) is 43.3 Å². The Bertz CT molecular complexity index is 1200. The quantitative estimate of drug-likeness (QED) is 0.588. The molecule has 1 aliphatic heterocycles. The average Bonchev–Trinajstić information content (AvgIpc) is 3.31. The zero-order valence-corrected chi connectivity index (χ0v) is 20.2. The smallest absolute Gasteiger partial charge is 0.273 e. The van der Waals surface area contributed by atoms with Crippen molar-refractivity contribution in [3.63, 3.8) is 0 Å². The summed E-state index contributed by atoms with van der Waals surface area (Å²) < 4.78 is 6.94. The molecular formula is C27H31N5O3. The normalized spacial score (nSPS) is 20.4. The number of benzene rings is 1. The van der Waals surface area contributed by atoms with Gasteiger partial charge in [-0.1, -0.05) is 25.3 Å². The summed E-state index contributed by atoms with van der Waals surface area (Å²) in [6.45, 7) is 2.42. The Morgan fingerprint density at radius 3 is 2.63 bits per heavy atom. The van der Waals surface area contributed by atoms with Gasteiger partial charge in [0.15, 0.2) is 0 Å². The molecule has 1 aliphatic carbocycles. The summed E-state index contributed by atoms with van der Waals surface area (Å²) in [6, 6.07) is 13.3. The lowest BCUT2D eigenvalue weighted by Crippen LogP contribution is -2.64. The van der Waals surface area contributed by atoms with E-state index < -0.39 is 5.54 Å². The van der Waals surface area contributed by atoms with Crippen LogP contribution in [-0.2, 0) is 17.9 Å². The number of pyridine rings is 1. The molecule has 2 aliphatic rings. The second kappa shape index (κ2) is 9.52. The van der Waals surface area contributed by atoms with Crippen LogP contribution < -0.4 is 10.1 Å². The molecule has 8 nitrogen and oxygen atoms in total. The maximum absolute atomic E-state index is 13.8. The molecule has 8 heteroatoms. The van der Waals surface area contributed by atoms with Gasteiger partial charge >= 0.3 is 0 Å². The van der Waals surface area contributed by atoms with Gasteiger partial charge in [0.05, 0.1) is 19.3 Å². The molecule has 0 radical (unpaired) electrons. The molecule has 1 N–H and O–H groups in total. The number of ether oxygens (including phenoxy) is 1. The molecule has 0 spiro atoms. The summed E-state index contributed by atoms with van der Waals surface area (Å²) in [5.74, 6) is 0.408. The molecule has 0 saturated heterocycles. The predicted molar refractivity (Wildman–Crippen MR) is 132 cm³/mol. The lowest BCUT2D eigenvalue weighted by molar-refractivity contribution is -0.134. The van der Waals surface area contributed by atoms with E-state index in [0.717, 1.165) is 42.6 Å². The summed E-state index contributed by atoms with van der Waals surface area (Å²) in [5, 5.41) is 7.97. The van der Waals surface area contributed by atoms with Crippen molar-refractivity contribution in [3.05, 3.63) is 66.1 Å². The molecule has 3 aromatic rings. The van der Waals surface area contributed by atoms with Crippen LogP contribution in [0.2, 0.25) is 0 Å². The zero-order chi connectivity index (χ0) is 24.4. The lowest BCUT2D eigenvalue weighted by Gasteiger charge is -2.44.